The maximum Gasteiger partial charge on any atom is 0.416 e. The average molecular weight is 503 g/mol. The van der Waals surface area contributed by atoms with Crippen LogP contribution < -0.4 is 5.32 Å². The number of aromatic nitrogens is 3. The summed E-state index contributed by atoms with van der Waals surface area (Å²) < 4.78 is 40.8. The van der Waals surface area contributed by atoms with Crippen LogP contribution in [0.25, 0.3) is 5.69 Å². The van der Waals surface area contributed by atoms with E-state index in [-0.39, 0.29) is 18.1 Å². The number of carbonyl (C=O) groups excluding carboxylic acids is 1. The van der Waals surface area contributed by atoms with Crippen LogP contribution in [0.1, 0.15) is 21.7 Å². The summed E-state index contributed by atoms with van der Waals surface area (Å²) in [6.45, 7) is 0.134. The van der Waals surface area contributed by atoms with Crippen molar-refractivity contribution in [3.63, 3.8) is 0 Å². The van der Waals surface area contributed by atoms with Gasteiger partial charge in [-0.25, -0.2) is 0 Å². The molecule has 5 nitrogen and oxygen atoms in total. The van der Waals surface area contributed by atoms with Crippen LogP contribution in [0.2, 0.25) is 5.02 Å². The zero-order chi connectivity index (χ0) is 24.1. The van der Waals surface area contributed by atoms with E-state index in [2.05, 4.69) is 15.5 Å². The minimum absolute atomic E-state index is 0.0899. The SMILES string of the molecule is O=C(CSc1nnc(CNc2cccc(C(F)(F)F)c2)n1-c1ccccc1)c1ccc(Cl)cc1. The second-order valence-corrected chi connectivity index (χ2v) is 8.60. The number of thioether (sulfide) groups is 1. The number of benzene rings is 3. The molecule has 0 amide bonds. The standard InChI is InChI=1S/C24H18ClF3N4OS/c25-18-11-9-16(10-12-18)21(33)15-34-23-31-30-22(32(23)20-7-2-1-3-8-20)14-29-19-6-4-5-17(13-19)24(26,27)28/h1-13,29H,14-15H2. The van der Waals surface area contributed by atoms with Crippen LogP contribution in [0, 0.1) is 0 Å². The highest BCUT2D eigenvalue weighted by Crippen LogP contribution is 2.31. The quantitative estimate of drug-likeness (QED) is 0.219. The van der Waals surface area contributed by atoms with E-state index in [0.29, 0.717) is 27.3 Å². The second kappa shape index (κ2) is 10.3. The smallest absolute Gasteiger partial charge is 0.378 e. The van der Waals surface area contributed by atoms with Gasteiger partial charge in [0.25, 0.3) is 0 Å². The van der Waals surface area contributed by atoms with Gasteiger partial charge >= 0.3 is 6.18 Å². The lowest BCUT2D eigenvalue weighted by atomic mass is 10.1. The van der Waals surface area contributed by atoms with Crippen molar-refractivity contribution in [2.75, 3.05) is 11.1 Å². The molecule has 0 radical (unpaired) electrons. The van der Waals surface area contributed by atoms with Gasteiger partial charge in [0.15, 0.2) is 16.8 Å². The van der Waals surface area contributed by atoms with Crippen molar-refractivity contribution in [1.82, 2.24) is 14.8 Å². The Balaban J connectivity index is 1.54. The zero-order valence-electron chi connectivity index (χ0n) is 17.6. The van der Waals surface area contributed by atoms with Crippen LogP contribution in [-0.2, 0) is 12.7 Å². The molecular weight excluding hydrogens is 485 g/mol. The van der Waals surface area contributed by atoms with Crippen LogP contribution in [0.15, 0.2) is 84.0 Å². The van der Waals surface area contributed by atoms with Gasteiger partial charge in [0.1, 0.15) is 0 Å². The Hall–Kier alpha value is -3.30. The van der Waals surface area contributed by atoms with E-state index >= 15 is 0 Å². The Labute approximate surface area is 203 Å². The molecule has 1 aromatic heterocycles. The highest BCUT2D eigenvalue weighted by Gasteiger charge is 2.30. The number of halogens is 4. The monoisotopic (exact) mass is 502 g/mol. The number of nitrogens with one attached hydrogen (secondary N) is 1. The van der Waals surface area contributed by atoms with Crippen LogP contribution in [-0.4, -0.2) is 26.3 Å². The number of carbonyl (C=O) groups is 1. The van der Waals surface area contributed by atoms with Crippen molar-refractivity contribution in [2.24, 2.45) is 0 Å². The Morgan fingerprint density at radius 3 is 2.41 bits per heavy atom. The Morgan fingerprint density at radius 1 is 0.971 bits per heavy atom. The van der Waals surface area contributed by atoms with E-state index in [1.807, 2.05) is 30.3 Å². The van der Waals surface area contributed by atoms with Crippen molar-refractivity contribution in [2.45, 2.75) is 17.9 Å². The highest BCUT2D eigenvalue weighted by molar-refractivity contribution is 7.99. The molecule has 0 aliphatic carbocycles. The molecular formula is C24H18ClF3N4OS. The van der Waals surface area contributed by atoms with Crippen molar-refractivity contribution >= 4 is 34.8 Å². The number of alkyl halides is 3. The molecule has 4 rings (SSSR count). The molecule has 4 aromatic rings. The van der Waals surface area contributed by atoms with Crippen molar-refractivity contribution < 1.29 is 18.0 Å². The van der Waals surface area contributed by atoms with E-state index < -0.39 is 11.7 Å². The molecule has 0 unspecified atom stereocenters. The summed E-state index contributed by atoms with van der Waals surface area (Å²) in [5.74, 6) is 0.533. The van der Waals surface area contributed by atoms with Crippen molar-refractivity contribution in [3.8, 4) is 5.69 Å². The van der Waals surface area contributed by atoms with Gasteiger partial charge in [-0.2, -0.15) is 13.2 Å². The molecule has 0 bridgehead atoms. The number of rotatable bonds is 8. The summed E-state index contributed by atoms with van der Waals surface area (Å²) in [6, 6.07) is 20.9. The predicted molar refractivity (Wildman–Crippen MR) is 127 cm³/mol. The number of para-hydroxylation sites is 1. The summed E-state index contributed by atoms with van der Waals surface area (Å²) >= 11 is 7.11. The molecule has 0 saturated carbocycles. The third kappa shape index (κ3) is 5.78. The van der Waals surface area contributed by atoms with E-state index in [1.165, 1.54) is 17.8 Å². The van der Waals surface area contributed by atoms with Crippen molar-refractivity contribution in [3.05, 3.63) is 101 Å². The minimum Gasteiger partial charge on any atom is -0.378 e. The average Bonchev–Trinajstić information content (AvgIpc) is 3.24. The first-order valence-corrected chi connectivity index (χ1v) is 11.5. The lowest BCUT2D eigenvalue weighted by Crippen LogP contribution is -2.10. The molecule has 0 atom stereocenters. The number of nitrogens with zero attached hydrogens (tertiary/aromatic N) is 3. The van der Waals surface area contributed by atoms with E-state index in [4.69, 9.17) is 11.6 Å². The Morgan fingerprint density at radius 2 is 1.71 bits per heavy atom. The Bertz CT molecular complexity index is 1280. The summed E-state index contributed by atoms with van der Waals surface area (Å²) in [5.41, 5.74) is 0.882. The summed E-state index contributed by atoms with van der Waals surface area (Å²) in [4.78, 5) is 12.6. The van der Waals surface area contributed by atoms with Gasteiger partial charge in [0.2, 0.25) is 0 Å². The number of Topliss-reactive ketones (excluding diaryl/α,β-unsaturated/α-hetero) is 1. The molecule has 0 fully saturated rings. The molecule has 3 aromatic carbocycles. The number of anilines is 1. The normalized spacial score (nSPS) is 11.4. The third-order valence-corrected chi connectivity index (χ3v) is 6.03. The fourth-order valence-corrected chi connectivity index (χ4v) is 4.17. The van der Waals surface area contributed by atoms with Gasteiger partial charge in [-0.15, -0.1) is 10.2 Å². The molecule has 0 spiro atoms. The van der Waals surface area contributed by atoms with Gasteiger partial charge < -0.3 is 5.32 Å². The number of ketones is 1. The predicted octanol–water partition coefficient (Wildman–Crippen LogP) is 6.53. The first kappa shape index (κ1) is 23.8. The molecule has 10 heteroatoms. The second-order valence-electron chi connectivity index (χ2n) is 7.22. The maximum atomic E-state index is 13.0. The minimum atomic E-state index is -4.43. The number of hydrogen-bond donors (Lipinski definition) is 1. The lowest BCUT2D eigenvalue weighted by Gasteiger charge is -2.12. The third-order valence-electron chi connectivity index (χ3n) is 4.85. The molecule has 174 valence electrons. The highest BCUT2D eigenvalue weighted by atomic mass is 35.5. The van der Waals surface area contributed by atoms with Gasteiger partial charge in [0, 0.05) is 22.0 Å². The molecule has 0 aliphatic heterocycles. The van der Waals surface area contributed by atoms with Crippen molar-refractivity contribution in [1.29, 1.82) is 0 Å². The molecule has 1 N–H and O–H groups in total. The van der Waals surface area contributed by atoms with E-state index in [9.17, 15) is 18.0 Å². The first-order valence-electron chi connectivity index (χ1n) is 10.1. The molecule has 1 heterocycles. The van der Waals surface area contributed by atoms with Crippen LogP contribution >= 0.6 is 23.4 Å². The fraction of sp³-hybridized carbons (Fsp3) is 0.125. The largest absolute Gasteiger partial charge is 0.416 e. The van der Waals surface area contributed by atoms with E-state index in [0.717, 1.165) is 17.8 Å². The summed E-state index contributed by atoms with van der Waals surface area (Å²) in [6.07, 6.45) is -4.43. The molecule has 0 saturated heterocycles. The van der Waals surface area contributed by atoms with Crippen LogP contribution in [0.5, 0.6) is 0 Å². The first-order chi connectivity index (χ1) is 16.3. The molecule has 0 aliphatic rings. The summed E-state index contributed by atoms with van der Waals surface area (Å²) in [7, 11) is 0. The maximum absolute atomic E-state index is 13.0. The van der Waals surface area contributed by atoms with E-state index in [1.54, 1.807) is 34.9 Å². The van der Waals surface area contributed by atoms with Gasteiger partial charge in [-0.05, 0) is 54.6 Å². The Kier molecular flexibility index (Phi) is 7.23. The number of hydrogen-bond acceptors (Lipinski definition) is 5. The zero-order valence-corrected chi connectivity index (χ0v) is 19.2. The van der Waals surface area contributed by atoms with Crippen LogP contribution in [0.4, 0.5) is 18.9 Å². The molecule has 34 heavy (non-hydrogen) atoms. The van der Waals surface area contributed by atoms with Crippen LogP contribution in [0.3, 0.4) is 0 Å². The summed E-state index contributed by atoms with van der Waals surface area (Å²) in [5, 5.41) is 12.5. The lowest BCUT2D eigenvalue weighted by molar-refractivity contribution is -0.137. The van der Waals surface area contributed by atoms with Gasteiger partial charge in [-0.3, -0.25) is 9.36 Å². The van der Waals surface area contributed by atoms with Gasteiger partial charge in [0.05, 0.1) is 17.9 Å². The topological polar surface area (TPSA) is 59.8 Å². The van der Waals surface area contributed by atoms with Gasteiger partial charge in [-0.1, -0.05) is 47.6 Å². The fourth-order valence-electron chi connectivity index (χ4n) is 3.18.